The van der Waals surface area contributed by atoms with E-state index in [0.29, 0.717) is 5.39 Å². The van der Waals surface area contributed by atoms with Crippen molar-refractivity contribution in [3.05, 3.63) is 99.6 Å². The number of nitrogens with zero attached hydrogens (tertiary/aromatic N) is 2. The molecule has 0 atom stereocenters. The van der Waals surface area contributed by atoms with Crippen LogP contribution in [0.2, 0.25) is 0 Å². The fourth-order valence-electron chi connectivity index (χ4n) is 4.68. The summed E-state index contributed by atoms with van der Waals surface area (Å²) in [6, 6.07) is 22.9. The van der Waals surface area contributed by atoms with Gasteiger partial charge in [0, 0.05) is 6.54 Å². The van der Waals surface area contributed by atoms with Gasteiger partial charge in [-0.15, -0.1) is 0 Å². The second-order valence-corrected chi connectivity index (χ2v) is 7.54. The van der Waals surface area contributed by atoms with Gasteiger partial charge < -0.3 is 4.57 Å². The van der Waals surface area contributed by atoms with E-state index in [9.17, 15) is 4.79 Å². The Hall–Kier alpha value is -3.46. The summed E-state index contributed by atoms with van der Waals surface area (Å²) < 4.78 is 2.18. The van der Waals surface area contributed by atoms with Gasteiger partial charge in [-0.05, 0) is 64.4 Å². The highest BCUT2D eigenvalue weighted by Gasteiger charge is 2.23. The van der Waals surface area contributed by atoms with E-state index in [1.54, 1.807) is 0 Å². The summed E-state index contributed by atoms with van der Waals surface area (Å²) in [5.41, 5.74) is 8.64. The minimum Gasteiger partial charge on any atom is -0.325 e. The number of aryl methyl sites for hydroxylation is 1. The van der Waals surface area contributed by atoms with Crippen molar-refractivity contribution in [2.24, 2.45) is 0 Å². The molecule has 0 N–H and O–H groups in total. The molecule has 0 saturated heterocycles. The van der Waals surface area contributed by atoms with E-state index in [0.717, 1.165) is 36.3 Å². The Bertz CT molecular complexity index is 1360. The summed E-state index contributed by atoms with van der Waals surface area (Å²) in [7, 11) is 0. The molecule has 0 radical (unpaired) electrons. The van der Waals surface area contributed by atoms with Crippen LogP contribution in [0.4, 0.5) is 0 Å². The lowest BCUT2D eigenvalue weighted by Gasteiger charge is -2.08. The Morgan fingerprint density at radius 1 is 0.893 bits per heavy atom. The molecule has 3 aromatic carbocycles. The third-order valence-corrected chi connectivity index (χ3v) is 6.00. The van der Waals surface area contributed by atoms with Crippen LogP contribution in [0.3, 0.4) is 0 Å². The summed E-state index contributed by atoms with van der Waals surface area (Å²) in [6.45, 7) is 0.865. The fraction of sp³-hybridized carbons (Fsp3) is 0.120. The van der Waals surface area contributed by atoms with Crippen LogP contribution in [-0.2, 0) is 13.0 Å². The van der Waals surface area contributed by atoms with Gasteiger partial charge in [0.15, 0.2) is 0 Å². The molecule has 2 aliphatic rings. The summed E-state index contributed by atoms with van der Waals surface area (Å²) >= 11 is 0. The van der Waals surface area contributed by atoms with Crippen LogP contribution in [0.25, 0.3) is 33.7 Å². The maximum absolute atomic E-state index is 12.5. The number of allylic oxidation sites excluding steroid dienone is 1. The monoisotopic (exact) mass is 362 g/mol. The van der Waals surface area contributed by atoms with Crippen LogP contribution < -0.4 is 5.56 Å². The Balaban J connectivity index is 1.52. The topological polar surface area (TPSA) is 34.9 Å². The van der Waals surface area contributed by atoms with Gasteiger partial charge in [-0.3, -0.25) is 4.79 Å². The molecule has 3 nitrogen and oxygen atoms in total. The van der Waals surface area contributed by atoms with E-state index in [1.807, 2.05) is 24.3 Å². The SMILES string of the molecule is O=c1nc2n(c3ccccc13)CC/C2=C\c1cccc2c1Cc1ccccc1-2. The first-order valence-electron chi connectivity index (χ1n) is 9.70. The first-order chi connectivity index (χ1) is 13.8. The molecule has 0 bridgehead atoms. The van der Waals surface area contributed by atoms with E-state index in [-0.39, 0.29) is 5.56 Å². The predicted octanol–water partition coefficient (Wildman–Crippen LogP) is 4.91. The molecular formula is C25H18N2O. The Morgan fingerprint density at radius 3 is 2.68 bits per heavy atom. The molecule has 1 aromatic heterocycles. The van der Waals surface area contributed by atoms with Gasteiger partial charge in [-0.1, -0.05) is 54.6 Å². The zero-order valence-corrected chi connectivity index (χ0v) is 15.4. The van der Waals surface area contributed by atoms with Crippen molar-refractivity contribution < 1.29 is 0 Å². The molecule has 0 amide bonds. The van der Waals surface area contributed by atoms with Gasteiger partial charge in [0.05, 0.1) is 10.9 Å². The summed E-state index contributed by atoms with van der Waals surface area (Å²) in [5, 5.41) is 0.698. The van der Waals surface area contributed by atoms with Gasteiger partial charge in [0.1, 0.15) is 5.82 Å². The normalized spacial score (nSPS) is 15.6. The minimum absolute atomic E-state index is 0.139. The van der Waals surface area contributed by atoms with E-state index in [2.05, 4.69) is 58.1 Å². The van der Waals surface area contributed by atoms with Crippen LogP contribution in [0, 0.1) is 0 Å². The summed E-state index contributed by atoms with van der Waals surface area (Å²) in [6.07, 6.45) is 4.10. The molecule has 0 spiro atoms. The molecule has 0 fully saturated rings. The van der Waals surface area contributed by atoms with Crippen molar-refractivity contribution in [1.82, 2.24) is 9.55 Å². The third-order valence-electron chi connectivity index (χ3n) is 6.00. The first-order valence-corrected chi connectivity index (χ1v) is 9.70. The number of aromatic nitrogens is 2. The fourth-order valence-corrected chi connectivity index (χ4v) is 4.68. The first kappa shape index (κ1) is 15.6. The smallest absolute Gasteiger partial charge is 0.281 e. The quantitative estimate of drug-likeness (QED) is 0.425. The highest BCUT2D eigenvalue weighted by Crippen LogP contribution is 2.39. The molecule has 0 saturated carbocycles. The Morgan fingerprint density at radius 2 is 1.71 bits per heavy atom. The van der Waals surface area contributed by atoms with Crippen LogP contribution >= 0.6 is 0 Å². The highest BCUT2D eigenvalue weighted by atomic mass is 16.1. The third kappa shape index (κ3) is 2.16. The molecule has 6 rings (SSSR count). The van der Waals surface area contributed by atoms with E-state index >= 15 is 0 Å². The number of fused-ring (bicyclic) bond motifs is 6. The zero-order valence-electron chi connectivity index (χ0n) is 15.4. The maximum Gasteiger partial charge on any atom is 0.281 e. The van der Waals surface area contributed by atoms with Crippen molar-refractivity contribution >= 4 is 22.6 Å². The number of hydrogen-bond donors (Lipinski definition) is 0. The van der Waals surface area contributed by atoms with Crippen molar-refractivity contribution in [2.75, 3.05) is 0 Å². The molecule has 0 unspecified atom stereocenters. The molecule has 3 heteroatoms. The molecule has 2 heterocycles. The van der Waals surface area contributed by atoms with Crippen LogP contribution in [0.1, 0.15) is 28.9 Å². The van der Waals surface area contributed by atoms with E-state index < -0.39 is 0 Å². The average molecular weight is 362 g/mol. The largest absolute Gasteiger partial charge is 0.325 e. The van der Waals surface area contributed by atoms with Crippen molar-refractivity contribution in [3.8, 4) is 11.1 Å². The molecule has 4 aromatic rings. The lowest BCUT2D eigenvalue weighted by Crippen LogP contribution is -2.14. The average Bonchev–Trinajstić information content (AvgIpc) is 3.31. The minimum atomic E-state index is -0.139. The molecule has 28 heavy (non-hydrogen) atoms. The lowest BCUT2D eigenvalue weighted by atomic mass is 9.99. The van der Waals surface area contributed by atoms with Gasteiger partial charge in [0.2, 0.25) is 0 Å². The van der Waals surface area contributed by atoms with Gasteiger partial charge in [0.25, 0.3) is 5.56 Å². The molecule has 1 aliphatic carbocycles. The highest BCUT2D eigenvalue weighted by molar-refractivity contribution is 5.88. The standard InChI is InChI=1S/C25H18N2O/c28-25-21-9-3-4-11-23(21)27-13-12-18(24(27)26-25)14-16-7-5-10-20-19-8-2-1-6-17(19)15-22(16)20/h1-11,14H,12-13,15H2/b18-14+. The van der Waals surface area contributed by atoms with Gasteiger partial charge in [-0.2, -0.15) is 4.98 Å². The predicted molar refractivity (Wildman–Crippen MR) is 113 cm³/mol. The van der Waals surface area contributed by atoms with Gasteiger partial charge >= 0.3 is 0 Å². The number of rotatable bonds is 1. The van der Waals surface area contributed by atoms with Crippen molar-refractivity contribution in [1.29, 1.82) is 0 Å². The number of hydrogen-bond acceptors (Lipinski definition) is 2. The second kappa shape index (κ2) is 5.77. The van der Waals surface area contributed by atoms with Crippen LogP contribution in [0.5, 0.6) is 0 Å². The van der Waals surface area contributed by atoms with Crippen molar-refractivity contribution in [2.45, 2.75) is 19.4 Å². The number of para-hydroxylation sites is 1. The van der Waals surface area contributed by atoms with E-state index in [4.69, 9.17) is 0 Å². The summed E-state index contributed by atoms with van der Waals surface area (Å²) in [4.78, 5) is 17.0. The molecule has 1 aliphatic heterocycles. The second-order valence-electron chi connectivity index (χ2n) is 7.54. The van der Waals surface area contributed by atoms with Crippen molar-refractivity contribution in [3.63, 3.8) is 0 Å². The van der Waals surface area contributed by atoms with E-state index in [1.165, 1.54) is 27.8 Å². The molecular weight excluding hydrogens is 344 g/mol. The zero-order chi connectivity index (χ0) is 18.7. The van der Waals surface area contributed by atoms with Crippen LogP contribution in [-0.4, -0.2) is 9.55 Å². The van der Waals surface area contributed by atoms with Crippen LogP contribution in [0.15, 0.2) is 71.5 Å². The van der Waals surface area contributed by atoms with Gasteiger partial charge in [-0.25, -0.2) is 0 Å². The Kier molecular flexibility index (Phi) is 3.21. The summed E-state index contributed by atoms with van der Waals surface area (Å²) in [5.74, 6) is 0.816. The Labute approximate surface area is 162 Å². The number of benzene rings is 3. The maximum atomic E-state index is 12.5. The lowest BCUT2D eigenvalue weighted by molar-refractivity contribution is 0.772. The molecule has 134 valence electrons.